The molecule has 0 aromatic heterocycles. The molecule has 0 heterocycles. The molecule has 1 aromatic carbocycles. The number of hydrogen-bond donors (Lipinski definition) is 0. The summed E-state index contributed by atoms with van der Waals surface area (Å²) in [5, 5.41) is 0.394. The lowest BCUT2D eigenvalue weighted by atomic mass is 10.0. The highest BCUT2D eigenvalue weighted by Gasteiger charge is 2.28. The van der Waals surface area contributed by atoms with E-state index in [0.29, 0.717) is 5.38 Å². The summed E-state index contributed by atoms with van der Waals surface area (Å²) in [6.45, 7) is 2.12. The molecule has 17 heavy (non-hydrogen) atoms. The van der Waals surface area contributed by atoms with E-state index in [1.54, 1.807) is 7.11 Å². The Morgan fingerprint density at radius 3 is 2.82 bits per heavy atom. The van der Waals surface area contributed by atoms with E-state index in [-0.39, 0.29) is 0 Å². The molecule has 2 heteroatoms. The largest absolute Gasteiger partial charge is 0.496 e. The van der Waals surface area contributed by atoms with Gasteiger partial charge in [-0.1, -0.05) is 17.7 Å². The molecule has 0 spiro atoms. The molecule has 1 fully saturated rings. The zero-order valence-electron chi connectivity index (χ0n) is 10.7. The monoisotopic (exact) mass is 252 g/mol. The fourth-order valence-electron chi connectivity index (χ4n) is 2.28. The Balaban J connectivity index is 1.86. The van der Waals surface area contributed by atoms with Gasteiger partial charge in [0.05, 0.1) is 7.11 Å². The Hall–Kier alpha value is -0.690. The third-order valence-corrected chi connectivity index (χ3v) is 4.07. The molecule has 2 rings (SSSR count). The first kappa shape index (κ1) is 12.8. The van der Waals surface area contributed by atoms with E-state index in [1.807, 2.05) is 0 Å². The number of ether oxygens (including phenoxy) is 1. The topological polar surface area (TPSA) is 9.23 Å². The normalized spacial score (nSPS) is 16.9. The first-order valence-electron chi connectivity index (χ1n) is 6.48. The second-order valence-electron chi connectivity index (χ2n) is 5.06. The first-order chi connectivity index (χ1) is 8.20. The van der Waals surface area contributed by atoms with Gasteiger partial charge in [-0.15, -0.1) is 11.6 Å². The second-order valence-corrected chi connectivity index (χ2v) is 5.62. The number of rotatable bonds is 6. The van der Waals surface area contributed by atoms with Crippen molar-refractivity contribution in [2.75, 3.05) is 7.11 Å². The lowest BCUT2D eigenvalue weighted by Crippen LogP contribution is -2.02. The van der Waals surface area contributed by atoms with Gasteiger partial charge in [0, 0.05) is 5.38 Å². The van der Waals surface area contributed by atoms with Gasteiger partial charge in [-0.05, 0) is 56.6 Å². The maximum absolute atomic E-state index is 6.32. The van der Waals surface area contributed by atoms with E-state index in [0.717, 1.165) is 30.9 Å². The van der Waals surface area contributed by atoms with E-state index in [2.05, 4.69) is 25.1 Å². The van der Waals surface area contributed by atoms with Gasteiger partial charge in [0.15, 0.2) is 0 Å². The number of methoxy groups -OCH3 is 1. The molecule has 1 atom stereocenters. The van der Waals surface area contributed by atoms with Crippen molar-refractivity contribution in [1.29, 1.82) is 0 Å². The average Bonchev–Trinajstić information content (AvgIpc) is 3.13. The summed E-state index contributed by atoms with van der Waals surface area (Å²) >= 11 is 6.32. The Morgan fingerprint density at radius 1 is 1.41 bits per heavy atom. The summed E-state index contributed by atoms with van der Waals surface area (Å²) in [6, 6.07) is 6.37. The van der Waals surface area contributed by atoms with Gasteiger partial charge in [0.2, 0.25) is 0 Å². The van der Waals surface area contributed by atoms with Gasteiger partial charge in [-0.25, -0.2) is 0 Å². The quantitative estimate of drug-likeness (QED) is 0.685. The fraction of sp³-hybridized carbons (Fsp3) is 0.600. The second kappa shape index (κ2) is 5.77. The standard InChI is InChI=1S/C15H21ClO/c1-11-6-9-15(17-2)13(10-11)4-3-5-14(16)12-7-8-12/h6,9-10,12,14H,3-5,7-8H2,1-2H3. The smallest absolute Gasteiger partial charge is 0.122 e. The van der Waals surface area contributed by atoms with Crippen LogP contribution in [-0.4, -0.2) is 12.5 Å². The summed E-state index contributed by atoms with van der Waals surface area (Å²) < 4.78 is 5.38. The molecular weight excluding hydrogens is 232 g/mol. The van der Waals surface area contributed by atoms with Gasteiger partial charge in [0.25, 0.3) is 0 Å². The predicted molar refractivity (Wildman–Crippen MR) is 73.0 cm³/mol. The van der Waals surface area contributed by atoms with Crippen LogP contribution in [0.25, 0.3) is 0 Å². The van der Waals surface area contributed by atoms with Crippen molar-refractivity contribution in [3.63, 3.8) is 0 Å². The molecule has 0 saturated heterocycles. The van der Waals surface area contributed by atoms with E-state index in [1.165, 1.54) is 24.0 Å². The van der Waals surface area contributed by atoms with Crippen molar-refractivity contribution in [2.24, 2.45) is 5.92 Å². The van der Waals surface area contributed by atoms with Crippen molar-refractivity contribution in [3.8, 4) is 5.75 Å². The lowest BCUT2D eigenvalue weighted by molar-refractivity contribution is 0.408. The predicted octanol–water partition coefficient (Wildman–Crippen LogP) is 4.34. The number of alkyl halides is 1. The zero-order chi connectivity index (χ0) is 12.3. The van der Waals surface area contributed by atoms with Crippen LogP contribution in [0.2, 0.25) is 0 Å². The summed E-state index contributed by atoms with van der Waals surface area (Å²) in [5.41, 5.74) is 2.61. The van der Waals surface area contributed by atoms with E-state index < -0.39 is 0 Å². The lowest BCUT2D eigenvalue weighted by Gasteiger charge is -2.11. The molecule has 1 aromatic rings. The Kier molecular flexibility index (Phi) is 4.33. The maximum Gasteiger partial charge on any atom is 0.122 e. The summed E-state index contributed by atoms with van der Waals surface area (Å²) in [7, 11) is 1.74. The summed E-state index contributed by atoms with van der Waals surface area (Å²) in [6.07, 6.45) is 6.03. The van der Waals surface area contributed by atoms with Crippen LogP contribution in [0, 0.1) is 12.8 Å². The minimum absolute atomic E-state index is 0.394. The molecule has 94 valence electrons. The van der Waals surface area contributed by atoms with Crippen LogP contribution < -0.4 is 4.74 Å². The molecule has 0 radical (unpaired) electrons. The van der Waals surface area contributed by atoms with Gasteiger partial charge in [-0.2, -0.15) is 0 Å². The molecule has 0 bridgehead atoms. The van der Waals surface area contributed by atoms with Gasteiger partial charge >= 0.3 is 0 Å². The van der Waals surface area contributed by atoms with Crippen LogP contribution in [0.4, 0.5) is 0 Å². The highest BCUT2D eigenvalue weighted by atomic mass is 35.5. The van der Waals surface area contributed by atoms with Crippen molar-refractivity contribution >= 4 is 11.6 Å². The molecule has 1 aliphatic rings. The minimum atomic E-state index is 0.394. The molecule has 1 aliphatic carbocycles. The number of benzene rings is 1. The molecule has 0 N–H and O–H groups in total. The SMILES string of the molecule is COc1ccc(C)cc1CCCC(Cl)C1CC1. The minimum Gasteiger partial charge on any atom is -0.496 e. The molecular formula is C15H21ClO. The van der Waals surface area contributed by atoms with Crippen LogP contribution in [0.1, 0.15) is 36.8 Å². The highest BCUT2D eigenvalue weighted by molar-refractivity contribution is 6.20. The number of aryl methyl sites for hydroxylation is 2. The zero-order valence-corrected chi connectivity index (χ0v) is 11.5. The first-order valence-corrected chi connectivity index (χ1v) is 6.92. The summed E-state index contributed by atoms with van der Waals surface area (Å²) in [4.78, 5) is 0. The third-order valence-electron chi connectivity index (χ3n) is 3.50. The molecule has 1 saturated carbocycles. The van der Waals surface area contributed by atoms with Crippen molar-refractivity contribution in [2.45, 2.75) is 44.4 Å². The Bertz CT molecular complexity index is 371. The van der Waals surface area contributed by atoms with Gasteiger partial charge < -0.3 is 4.74 Å². The van der Waals surface area contributed by atoms with Crippen LogP contribution in [0.5, 0.6) is 5.75 Å². The third kappa shape index (κ3) is 3.64. The average molecular weight is 253 g/mol. The molecule has 0 amide bonds. The van der Waals surface area contributed by atoms with E-state index in [4.69, 9.17) is 16.3 Å². The van der Waals surface area contributed by atoms with Crippen molar-refractivity contribution < 1.29 is 4.74 Å². The molecule has 1 unspecified atom stereocenters. The van der Waals surface area contributed by atoms with Crippen LogP contribution in [-0.2, 0) is 6.42 Å². The van der Waals surface area contributed by atoms with Crippen molar-refractivity contribution in [3.05, 3.63) is 29.3 Å². The number of halogens is 1. The van der Waals surface area contributed by atoms with Crippen molar-refractivity contribution in [1.82, 2.24) is 0 Å². The molecule has 0 aliphatic heterocycles. The Labute approximate surface area is 109 Å². The molecule has 1 nitrogen and oxygen atoms in total. The Morgan fingerprint density at radius 2 is 2.18 bits per heavy atom. The van der Waals surface area contributed by atoms with E-state index in [9.17, 15) is 0 Å². The van der Waals surface area contributed by atoms with E-state index >= 15 is 0 Å². The van der Waals surface area contributed by atoms with Crippen LogP contribution in [0.3, 0.4) is 0 Å². The maximum atomic E-state index is 6.32. The number of hydrogen-bond acceptors (Lipinski definition) is 1. The fourth-order valence-corrected chi connectivity index (χ4v) is 2.69. The highest BCUT2D eigenvalue weighted by Crippen LogP contribution is 2.38. The van der Waals surface area contributed by atoms with Gasteiger partial charge in [-0.3, -0.25) is 0 Å². The van der Waals surface area contributed by atoms with Gasteiger partial charge in [0.1, 0.15) is 5.75 Å². The van der Waals surface area contributed by atoms with Crippen LogP contribution in [0.15, 0.2) is 18.2 Å². The summed E-state index contributed by atoms with van der Waals surface area (Å²) in [5.74, 6) is 1.81. The van der Waals surface area contributed by atoms with Crippen LogP contribution >= 0.6 is 11.6 Å².